The molecule has 0 aliphatic heterocycles. The third-order valence-electron chi connectivity index (χ3n) is 5.67. The SMILES string of the molecule is [CH3-].[Fe+6].c1cc[cH-]c1.c1ccc([PH+](CC[PH+](c2ccccc2)c2ccccc2)c2ccccc2)cc1. The second kappa shape index (κ2) is 16.3. The molecule has 0 aliphatic carbocycles. The van der Waals surface area contributed by atoms with Crippen LogP contribution in [0.4, 0.5) is 0 Å². The molecule has 0 N–H and O–H groups in total. The summed E-state index contributed by atoms with van der Waals surface area (Å²) in [5, 5.41) is 6.06. The van der Waals surface area contributed by atoms with Gasteiger partial charge < -0.3 is 7.43 Å². The fourth-order valence-electron chi connectivity index (χ4n) is 4.04. The van der Waals surface area contributed by atoms with Gasteiger partial charge in [0.1, 0.15) is 12.3 Å². The van der Waals surface area contributed by atoms with E-state index < -0.39 is 15.8 Å². The smallest absolute Gasteiger partial charge is 0.358 e. The van der Waals surface area contributed by atoms with Crippen LogP contribution in [-0.4, -0.2) is 12.3 Å². The van der Waals surface area contributed by atoms with Gasteiger partial charge in [-0.05, 0) is 48.5 Å². The molecule has 0 aromatic heterocycles. The van der Waals surface area contributed by atoms with Crippen LogP contribution in [0, 0.1) is 7.43 Å². The second-order valence-electron chi connectivity index (χ2n) is 7.88. The van der Waals surface area contributed by atoms with Crippen LogP contribution in [-0.2, 0) is 17.1 Å². The van der Waals surface area contributed by atoms with Gasteiger partial charge in [-0.25, -0.2) is 12.1 Å². The predicted octanol–water partition coefficient (Wildman–Crippen LogP) is 6.57. The molecule has 0 heterocycles. The zero-order valence-corrected chi connectivity index (χ0v) is 23.3. The van der Waals surface area contributed by atoms with Gasteiger partial charge in [-0.3, -0.25) is 0 Å². The molecule has 0 spiro atoms. The van der Waals surface area contributed by atoms with Crippen molar-refractivity contribution in [2.24, 2.45) is 0 Å². The van der Waals surface area contributed by atoms with Crippen molar-refractivity contribution in [3.8, 4) is 0 Å². The first-order chi connectivity index (χ1) is 16.4. The molecule has 35 heavy (non-hydrogen) atoms. The van der Waals surface area contributed by atoms with Gasteiger partial charge >= 0.3 is 17.1 Å². The zero-order chi connectivity index (χ0) is 22.6. The van der Waals surface area contributed by atoms with E-state index >= 15 is 0 Å². The molecule has 0 radical (unpaired) electrons. The van der Waals surface area contributed by atoms with Crippen LogP contribution in [0.2, 0.25) is 0 Å². The third kappa shape index (κ3) is 8.96. The molecule has 5 aromatic carbocycles. The van der Waals surface area contributed by atoms with Crippen molar-refractivity contribution >= 4 is 37.1 Å². The van der Waals surface area contributed by atoms with E-state index in [1.807, 2.05) is 30.3 Å². The number of rotatable bonds is 7. The molecule has 0 atom stereocenters. The number of hydrogen-bond donors (Lipinski definition) is 0. The first-order valence-electron chi connectivity index (χ1n) is 11.5. The van der Waals surface area contributed by atoms with Crippen LogP contribution in [0.5, 0.6) is 0 Å². The average Bonchev–Trinajstić information content (AvgIpc) is 3.49. The largest absolute Gasteiger partial charge is 6.00 e. The Morgan fingerprint density at radius 1 is 0.400 bits per heavy atom. The van der Waals surface area contributed by atoms with Gasteiger partial charge in [0, 0.05) is 0 Å². The van der Waals surface area contributed by atoms with E-state index in [0.29, 0.717) is 0 Å². The molecule has 0 unspecified atom stereocenters. The van der Waals surface area contributed by atoms with Crippen LogP contribution in [0.15, 0.2) is 152 Å². The van der Waals surface area contributed by atoms with Crippen LogP contribution in [0.3, 0.4) is 0 Å². The summed E-state index contributed by atoms with van der Waals surface area (Å²) in [4.78, 5) is 0. The molecular weight excluding hydrogens is 502 g/mol. The summed E-state index contributed by atoms with van der Waals surface area (Å²) in [6, 6.07) is 54.5. The third-order valence-corrected chi connectivity index (χ3v) is 11.8. The Kier molecular flexibility index (Phi) is 13.4. The Morgan fingerprint density at radius 2 is 0.657 bits per heavy atom. The summed E-state index contributed by atoms with van der Waals surface area (Å²) in [5.74, 6) is 0. The van der Waals surface area contributed by atoms with E-state index in [0.717, 1.165) is 0 Å². The normalized spacial score (nSPS) is 10.0. The summed E-state index contributed by atoms with van der Waals surface area (Å²) in [6.07, 6.45) is 2.52. The first kappa shape index (κ1) is 28.8. The average molecular weight is 536 g/mol. The standard InChI is InChI=1S/C26H24P2.C5H5.CH3.Fe/c1-5-13-23(14-6-1)27(24-15-7-2-8-16-24)21-22-28(25-17-9-3-10-18-25)26-19-11-4-12-20-26;1-2-4-5-3-1;;/h1-20H,21-22H2;1-5H;1H3;/q;2*-1;+6/p+2. The van der Waals surface area contributed by atoms with Crippen molar-refractivity contribution in [2.45, 2.75) is 0 Å². The molecule has 0 fully saturated rings. The molecule has 5 aromatic rings. The Balaban J connectivity index is 0.000000551. The molecule has 3 heteroatoms. The van der Waals surface area contributed by atoms with Crippen LogP contribution in [0.1, 0.15) is 0 Å². The predicted molar refractivity (Wildman–Crippen MR) is 159 cm³/mol. The van der Waals surface area contributed by atoms with E-state index in [9.17, 15) is 0 Å². The van der Waals surface area contributed by atoms with Gasteiger partial charge in [0.25, 0.3) is 0 Å². The Labute approximate surface area is 224 Å². The zero-order valence-electron chi connectivity index (χ0n) is 20.2. The molecule has 0 bridgehead atoms. The summed E-state index contributed by atoms with van der Waals surface area (Å²) < 4.78 is 0. The fraction of sp³-hybridized carbons (Fsp3) is 0.0625. The Hall–Kier alpha value is -2.39. The summed E-state index contributed by atoms with van der Waals surface area (Å²) >= 11 is 0. The van der Waals surface area contributed by atoms with Gasteiger partial charge in [0.2, 0.25) is 0 Å². The molecule has 5 rings (SSSR count). The maximum Gasteiger partial charge on any atom is 6.00 e. The van der Waals surface area contributed by atoms with Crippen LogP contribution < -0.4 is 21.2 Å². The summed E-state index contributed by atoms with van der Waals surface area (Å²) in [6.45, 7) is 0. The fourth-order valence-corrected chi connectivity index (χ4v) is 10.2. The monoisotopic (exact) mass is 536 g/mol. The van der Waals surface area contributed by atoms with Gasteiger partial charge in [-0.2, -0.15) is 18.2 Å². The topological polar surface area (TPSA) is 0 Å². The van der Waals surface area contributed by atoms with Crippen molar-refractivity contribution in [1.82, 2.24) is 0 Å². The minimum Gasteiger partial charge on any atom is -0.358 e. The van der Waals surface area contributed by atoms with Crippen molar-refractivity contribution < 1.29 is 17.1 Å². The van der Waals surface area contributed by atoms with Crippen molar-refractivity contribution in [3.05, 3.63) is 159 Å². The molecule has 0 saturated carbocycles. The second-order valence-corrected chi connectivity index (χ2v) is 13.1. The quantitative estimate of drug-likeness (QED) is 0.125. The number of hydrogen-bond acceptors (Lipinski definition) is 0. The van der Waals surface area contributed by atoms with Gasteiger partial charge in [0.05, 0.1) is 37.1 Å². The van der Waals surface area contributed by atoms with Crippen molar-refractivity contribution in [2.75, 3.05) is 12.3 Å². The molecule has 174 valence electrons. The Morgan fingerprint density at radius 3 is 0.857 bits per heavy atom. The van der Waals surface area contributed by atoms with E-state index in [1.165, 1.54) is 33.5 Å². The van der Waals surface area contributed by atoms with Gasteiger partial charge in [0.15, 0.2) is 0 Å². The van der Waals surface area contributed by atoms with Crippen LogP contribution >= 0.6 is 15.8 Å². The summed E-state index contributed by atoms with van der Waals surface area (Å²) in [5.41, 5.74) is 0. The Bertz CT molecular complexity index is 966. The summed E-state index contributed by atoms with van der Waals surface area (Å²) in [7, 11) is -1.57. The van der Waals surface area contributed by atoms with E-state index in [1.54, 1.807) is 0 Å². The molecular formula is C32H34FeP2+6. The van der Waals surface area contributed by atoms with Gasteiger partial charge in [-0.1, -0.05) is 72.8 Å². The molecule has 0 amide bonds. The molecule has 0 aliphatic rings. The van der Waals surface area contributed by atoms with Crippen molar-refractivity contribution in [3.63, 3.8) is 0 Å². The maximum atomic E-state index is 2.32. The minimum atomic E-state index is -0.783. The first-order valence-corrected chi connectivity index (χ1v) is 14.9. The van der Waals surface area contributed by atoms with Crippen molar-refractivity contribution in [1.29, 1.82) is 0 Å². The number of benzene rings is 4. The molecule has 0 saturated heterocycles. The van der Waals surface area contributed by atoms with Crippen LogP contribution in [0.25, 0.3) is 0 Å². The minimum absolute atomic E-state index is 0. The van der Waals surface area contributed by atoms with E-state index in [4.69, 9.17) is 0 Å². The van der Waals surface area contributed by atoms with E-state index in [2.05, 4.69) is 121 Å². The maximum absolute atomic E-state index is 2.32. The van der Waals surface area contributed by atoms with E-state index in [-0.39, 0.29) is 24.5 Å². The van der Waals surface area contributed by atoms with Gasteiger partial charge in [-0.15, -0.1) is 0 Å². The molecule has 0 nitrogen and oxygen atoms in total.